The molecule has 0 fully saturated rings. The molecule has 0 amide bonds. The first kappa shape index (κ1) is 18.5. The van der Waals surface area contributed by atoms with Gasteiger partial charge in [0.15, 0.2) is 5.16 Å². The highest BCUT2D eigenvalue weighted by Crippen LogP contribution is 2.26. The number of aromatic nitrogens is 2. The van der Waals surface area contributed by atoms with Crippen molar-refractivity contribution in [3.05, 3.63) is 87.5 Å². The first-order valence-electron chi connectivity index (χ1n) is 8.53. The third kappa shape index (κ3) is 3.58. The van der Waals surface area contributed by atoms with E-state index in [0.717, 1.165) is 16.1 Å². The molecule has 0 bridgehead atoms. The molecule has 0 aliphatic carbocycles. The Kier molecular flexibility index (Phi) is 5.27. The highest BCUT2D eigenvalue weighted by Gasteiger charge is 2.14. The number of fused-ring (bicyclic) bond motifs is 1. The average Bonchev–Trinajstić information content (AvgIpc) is 3.22. The molecule has 0 aliphatic rings. The van der Waals surface area contributed by atoms with Gasteiger partial charge in [-0.3, -0.25) is 9.36 Å². The highest BCUT2D eigenvalue weighted by atomic mass is 32.2. The van der Waals surface area contributed by atoms with E-state index in [9.17, 15) is 9.59 Å². The van der Waals surface area contributed by atoms with E-state index in [4.69, 9.17) is 9.72 Å². The lowest BCUT2D eigenvalue weighted by Crippen LogP contribution is -2.21. The number of para-hydroxylation sites is 1. The lowest BCUT2D eigenvalue weighted by atomic mass is 10.1. The van der Waals surface area contributed by atoms with Crippen molar-refractivity contribution in [3.63, 3.8) is 0 Å². The molecule has 0 radical (unpaired) electrons. The van der Waals surface area contributed by atoms with Crippen LogP contribution in [0, 0.1) is 0 Å². The van der Waals surface area contributed by atoms with Gasteiger partial charge in [0.1, 0.15) is 4.83 Å². The lowest BCUT2D eigenvalue weighted by molar-refractivity contribution is 0.0600. The Hall–Kier alpha value is -2.90. The number of rotatable bonds is 5. The summed E-state index contributed by atoms with van der Waals surface area (Å²) < 4.78 is 6.38. The predicted molar refractivity (Wildman–Crippen MR) is 113 cm³/mol. The topological polar surface area (TPSA) is 61.2 Å². The molecule has 0 saturated heterocycles. The summed E-state index contributed by atoms with van der Waals surface area (Å²) in [5, 5.41) is 3.15. The van der Waals surface area contributed by atoms with Gasteiger partial charge in [0.05, 0.1) is 23.7 Å². The molecule has 2 heterocycles. The zero-order valence-electron chi connectivity index (χ0n) is 15.0. The van der Waals surface area contributed by atoms with Gasteiger partial charge in [-0.05, 0) is 41.3 Å². The van der Waals surface area contributed by atoms with Gasteiger partial charge >= 0.3 is 5.97 Å². The highest BCUT2D eigenvalue weighted by molar-refractivity contribution is 7.98. The van der Waals surface area contributed by atoms with Crippen LogP contribution in [0.4, 0.5) is 0 Å². The van der Waals surface area contributed by atoms with Crippen LogP contribution in [0.5, 0.6) is 0 Å². The van der Waals surface area contributed by atoms with Crippen LogP contribution in [-0.4, -0.2) is 22.6 Å². The van der Waals surface area contributed by atoms with E-state index in [-0.39, 0.29) is 11.5 Å². The van der Waals surface area contributed by atoms with Gasteiger partial charge < -0.3 is 4.74 Å². The molecule has 5 nitrogen and oxygen atoms in total. The zero-order valence-corrected chi connectivity index (χ0v) is 16.6. The number of carbonyl (C=O) groups excluding carboxylic acids is 1. The fourth-order valence-electron chi connectivity index (χ4n) is 2.80. The Labute approximate surface area is 169 Å². The quantitative estimate of drug-likeness (QED) is 0.276. The molecule has 28 heavy (non-hydrogen) atoms. The lowest BCUT2D eigenvalue weighted by Gasteiger charge is -2.12. The fraction of sp³-hybridized carbons (Fsp3) is 0.0952. The van der Waals surface area contributed by atoms with Crippen molar-refractivity contribution in [2.45, 2.75) is 10.9 Å². The van der Waals surface area contributed by atoms with Gasteiger partial charge in [-0.1, -0.05) is 42.1 Å². The maximum Gasteiger partial charge on any atom is 0.337 e. The van der Waals surface area contributed by atoms with Gasteiger partial charge in [-0.15, -0.1) is 11.3 Å². The molecule has 140 valence electrons. The number of methoxy groups -OCH3 is 1. The van der Waals surface area contributed by atoms with Crippen LogP contribution in [0.15, 0.2) is 76.0 Å². The molecule has 2 aromatic carbocycles. The third-order valence-corrected chi connectivity index (χ3v) is 6.04. The molecule has 7 heteroatoms. The third-order valence-electron chi connectivity index (χ3n) is 4.22. The number of hydrogen-bond donors (Lipinski definition) is 0. The van der Waals surface area contributed by atoms with Crippen molar-refractivity contribution in [1.82, 2.24) is 9.55 Å². The summed E-state index contributed by atoms with van der Waals surface area (Å²) in [4.78, 5) is 30.1. The Morgan fingerprint density at radius 3 is 2.57 bits per heavy atom. The normalized spacial score (nSPS) is 10.9. The molecular weight excluding hydrogens is 392 g/mol. The number of carbonyl (C=O) groups is 1. The Morgan fingerprint density at radius 1 is 1.11 bits per heavy atom. The molecule has 4 rings (SSSR count). The smallest absolute Gasteiger partial charge is 0.337 e. The predicted octanol–water partition coefficient (Wildman–Crippen LogP) is 4.53. The maximum atomic E-state index is 13.0. The maximum absolute atomic E-state index is 13.0. The standard InChI is InChI=1S/C21H16N2O3S2/c1-26-20(25)15-9-7-14(8-10-15)13-28-21-22-18-17(11-12-27-18)19(24)23(21)16-5-3-2-4-6-16/h2-12H,13H2,1H3. The number of nitrogens with zero attached hydrogens (tertiary/aromatic N) is 2. The zero-order chi connectivity index (χ0) is 19.5. The molecule has 0 unspecified atom stereocenters. The molecule has 0 N–H and O–H groups in total. The van der Waals surface area contributed by atoms with E-state index in [1.165, 1.54) is 30.2 Å². The largest absolute Gasteiger partial charge is 0.465 e. The average molecular weight is 409 g/mol. The van der Waals surface area contributed by atoms with Crippen molar-refractivity contribution in [1.29, 1.82) is 0 Å². The van der Waals surface area contributed by atoms with Crippen molar-refractivity contribution in [2.75, 3.05) is 7.11 Å². The van der Waals surface area contributed by atoms with Gasteiger partial charge in [-0.2, -0.15) is 0 Å². The second-order valence-electron chi connectivity index (χ2n) is 5.99. The molecule has 0 spiro atoms. The van der Waals surface area contributed by atoms with Crippen LogP contribution in [0.25, 0.3) is 15.9 Å². The summed E-state index contributed by atoms with van der Waals surface area (Å²) in [6.45, 7) is 0. The summed E-state index contributed by atoms with van der Waals surface area (Å²) in [5.74, 6) is 0.263. The Balaban J connectivity index is 1.68. The van der Waals surface area contributed by atoms with Crippen molar-refractivity contribution >= 4 is 39.3 Å². The van der Waals surface area contributed by atoms with Crippen LogP contribution in [0.1, 0.15) is 15.9 Å². The minimum absolute atomic E-state index is 0.0685. The van der Waals surface area contributed by atoms with Crippen molar-refractivity contribution in [2.24, 2.45) is 0 Å². The number of thiophene rings is 1. The first-order chi connectivity index (χ1) is 13.7. The van der Waals surface area contributed by atoms with E-state index >= 15 is 0 Å². The summed E-state index contributed by atoms with van der Waals surface area (Å²) >= 11 is 2.95. The summed E-state index contributed by atoms with van der Waals surface area (Å²) in [7, 11) is 1.36. The van der Waals surface area contributed by atoms with Crippen molar-refractivity contribution < 1.29 is 9.53 Å². The second kappa shape index (κ2) is 8.00. The second-order valence-corrected chi connectivity index (χ2v) is 7.82. The SMILES string of the molecule is COC(=O)c1ccc(CSc2nc3sccc3c(=O)n2-c2ccccc2)cc1. The minimum Gasteiger partial charge on any atom is -0.465 e. The van der Waals surface area contributed by atoms with E-state index < -0.39 is 0 Å². The molecule has 4 aromatic rings. The van der Waals surface area contributed by atoms with Gasteiger partial charge in [-0.25, -0.2) is 9.78 Å². The molecule has 0 saturated carbocycles. The van der Waals surface area contributed by atoms with E-state index in [0.29, 0.717) is 21.9 Å². The van der Waals surface area contributed by atoms with E-state index in [2.05, 4.69) is 0 Å². The van der Waals surface area contributed by atoms with Gasteiger partial charge in [0.25, 0.3) is 5.56 Å². The summed E-state index contributed by atoms with van der Waals surface area (Å²) in [6.07, 6.45) is 0. The minimum atomic E-state index is -0.359. The Bertz CT molecular complexity index is 1180. The summed E-state index contributed by atoms with van der Waals surface area (Å²) in [6, 6.07) is 18.6. The van der Waals surface area contributed by atoms with Crippen LogP contribution in [-0.2, 0) is 10.5 Å². The number of esters is 1. The molecule has 0 atom stereocenters. The molecule has 2 aromatic heterocycles. The molecular formula is C21H16N2O3S2. The number of thioether (sulfide) groups is 1. The number of ether oxygens (including phenoxy) is 1. The molecule has 0 aliphatic heterocycles. The fourth-order valence-corrected chi connectivity index (χ4v) is 4.57. The van der Waals surface area contributed by atoms with E-state index in [1.807, 2.05) is 53.9 Å². The monoisotopic (exact) mass is 408 g/mol. The summed E-state index contributed by atoms with van der Waals surface area (Å²) in [5.41, 5.74) is 2.26. The van der Waals surface area contributed by atoms with Gasteiger partial charge in [0, 0.05) is 5.75 Å². The van der Waals surface area contributed by atoms with Gasteiger partial charge in [0.2, 0.25) is 0 Å². The van der Waals surface area contributed by atoms with Crippen LogP contribution < -0.4 is 5.56 Å². The number of benzene rings is 2. The first-order valence-corrected chi connectivity index (χ1v) is 10.4. The van der Waals surface area contributed by atoms with Crippen molar-refractivity contribution in [3.8, 4) is 5.69 Å². The van der Waals surface area contributed by atoms with E-state index in [1.54, 1.807) is 16.7 Å². The number of hydrogen-bond acceptors (Lipinski definition) is 6. The van der Waals surface area contributed by atoms with Crippen LogP contribution in [0.2, 0.25) is 0 Å². The van der Waals surface area contributed by atoms with Crippen LogP contribution >= 0.6 is 23.1 Å². The van der Waals surface area contributed by atoms with Crippen LogP contribution in [0.3, 0.4) is 0 Å². The Morgan fingerprint density at radius 2 is 1.86 bits per heavy atom.